The van der Waals surface area contributed by atoms with E-state index in [0.29, 0.717) is 13.1 Å². The molecule has 0 aliphatic heterocycles. The van der Waals surface area contributed by atoms with Crippen LogP contribution in [0.3, 0.4) is 0 Å². The van der Waals surface area contributed by atoms with Gasteiger partial charge >= 0.3 is 5.69 Å². The molecule has 7 heteroatoms. The van der Waals surface area contributed by atoms with Crippen LogP contribution < -0.4 is 17.0 Å². The molecule has 1 heterocycles. The topological polar surface area (TPSA) is 101 Å². The van der Waals surface area contributed by atoms with Gasteiger partial charge in [-0.25, -0.2) is 4.79 Å². The van der Waals surface area contributed by atoms with Gasteiger partial charge in [0.1, 0.15) is 11.4 Å². The molecule has 0 aliphatic carbocycles. The van der Waals surface area contributed by atoms with Crippen molar-refractivity contribution in [1.82, 2.24) is 14.5 Å². The van der Waals surface area contributed by atoms with Gasteiger partial charge in [-0.15, -0.1) is 0 Å². The Morgan fingerprint density at radius 3 is 1.97 bits per heavy atom. The Morgan fingerprint density at radius 2 is 1.48 bits per heavy atom. The highest BCUT2D eigenvalue weighted by molar-refractivity contribution is 6.01. The number of hydrogen-bond donors (Lipinski definition) is 2. The van der Waals surface area contributed by atoms with E-state index in [1.54, 1.807) is 6.92 Å². The van der Waals surface area contributed by atoms with Crippen LogP contribution in [0.5, 0.6) is 0 Å². The highest BCUT2D eigenvalue weighted by Crippen LogP contribution is 2.12. The van der Waals surface area contributed by atoms with Crippen molar-refractivity contribution in [2.45, 2.75) is 26.6 Å². The second kappa shape index (κ2) is 9.16. The summed E-state index contributed by atoms with van der Waals surface area (Å²) in [5, 5.41) is 0. The predicted octanol–water partition coefficient (Wildman–Crippen LogP) is 2.02. The first-order valence-electron chi connectivity index (χ1n) is 9.45. The first-order chi connectivity index (χ1) is 14.0. The molecule has 3 aromatic rings. The lowest BCUT2D eigenvalue weighted by molar-refractivity contribution is 0.0918. The summed E-state index contributed by atoms with van der Waals surface area (Å²) in [6.07, 6.45) is 0. The van der Waals surface area contributed by atoms with Crippen LogP contribution in [-0.2, 0) is 19.6 Å². The second-order valence-electron chi connectivity index (χ2n) is 6.80. The number of aromatic nitrogens is 2. The number of Topliss-reactive ketones (excluding diaryl/α,β-unsaturated/α-hetero) is 1. The van der Waals surface area contributed by atoms with Crippen molar-refractivity contribution in [2.75, 3.05) is 12.3 Å². The van der Waals surface area contributed by atoms with Gasteiger partial charge in [0.2, 0.25) is 0 Å². The minimum absolute atomic E-state index is 0.00101. The van der Waals surface area contributed by atoms with Gasteiger partial charge in [0.05, 0.1) is 6.54 Å². The molecule has 0 atom stereocenters. The van der Waals surface area contributed by atoms with Crippen molar-refractivity contribution in [1.29, 1.82) is 0 Å². The maximum absolute atomic E-state index is 13.0. The summed E-state index contributed by atoms with van der Waals surface area (Å²) in [6, 6.07) is 19.6. The van der Waals surface area contributed by atoms with Gasteiger partial charge in [-0.2, -0.15) is 0 Å². The fraction of sp³-hybridized carbons (Fsp3) is 0.227. The van der Waals surface area contributed by atoms with Crippen LogP contribution >= 0.6 is 0 Å². The van der Waals surface area contributed by atoms with E-state index in [4.69, 9.17) is 5.73 Å². The molecule has 0 bridgehead atoms. The van der Waals surface area contributed by atoms with E-state index in [0.717, 1.165) is 11.1 Å². The molecule has 2 aromatic carbocycles. The molecular formula is C22H24N4O3. The SMILES string of the molecule is CCn1c(N)c(C(=O)CN(Cc2ccccc2)Cc2ccccc2)c(=O)[nH]c1=O. The van der Waals surface area contributed by atoms with Crippen molar-refractivity contribution in [3.05, 3.63) is 98.2 Å². The molecule has 29 heavy (non-hydrogen) atoms. The molecular weight excluding hydrogens is 368 g/mol. The monoisotopic (exact) mass is 392 g/mol. The molecule has 0 amide bonds. The summed E-state index contributed by atoms with van der Waals surface area (Å²) < 4.78 is 1.19. The normalized spacial score (nSPS) is 11.0. The zero-order chi connectivity index (χ0) is 20.8. The maximum atomic E-state index is 13.0. The molecule has 0 unspecified atom stereocenters. The quantitative estimate of drug-likeness (QED) is 0.571. The first kappa shape index (κ1) is 20.3. The summed E-state index contributed by atoms with van der Waals surface area (Å²) in [7, 11) is 0. The zero-order valence-corrected chi connectivity index (χ0v) is 16.3. The lowest BCUT2D eigenvalue weighted by Gasteiger charge is -2.22. The second-order valence-corrected chi connectivity index (χ2v) is 6.80. The highest BCUT2D eigenvalue weighted by atomic mass is 16.2. The van der Waals surface area contributed by atoms with E-state index < -0.39 is 17.0 Å². The number of hydrogen-bond acceptors (Lipinski definition) is 5. The Balaban J connectivity index is 1.90. The van der Waals surface area contributed by atoms with Crippen molar-refractivity contribution >= 4 is 11.6 Å². The van der Waals surface area contributed by atoms with Gasteiger partial charge in [-0.3, -0.25) is 24.0 Å². The van der Waals surface area contributed by atoms with Crippen LogP contribution in [0.25, 0.3) is 0 Å². The average Bonchev–Trinajstić information content (AvgIpc) is 2.69. The number of nitrogens with zero attached hydrogens (tertiary/aromatic N) is 2. The molecule has 1 aromatic heterocycles. The standard InChI is InChI=1S/C22H24N4O3/c1-2-26-20(23)19(21(28)24-22(26)29)18(27)15-25(13-16-9-5-3-6-10-16)14-17-11-7-4-8-12-17/h3-12H,2,13-15,23H2,1H3,(H,24,28,29). The fourth-order valence-corrected chi connectivity index (χ4v) is 3.30. The minimum Gasteiger partial charge on any atom is -0.384 e. The molecule has 0 spiro atoms. The number of carbonyl (C=O) groups excluding carboxylic acids is 1. The third-order valence-electron chi connectivity index (χ3n) is 4.70. The third kappa shape index (κ3) is 4.89. The van der Waals surface area contributed by atoms with E-state index in [1.807, 2.05) is 65.6 Å². The maximum Gasteiger partial charge on any atom is 0.329 e. The molecule has 3 N–H and O–H groups in total. The van der Waals surface area contributed by atoms with Crippen LogP contribution in [0.15, 0.2) is 70.3 Å². The van der Waals surface area contributed by atoms with Crippen molar-refractivity contribution < 1.29 is 4.79 Å². The Morgan fingerprint density at radius 1 is 0.966 bits per heavy atom. The lowest BCUT2D eigenvalue weighted by Crippen LogP contribution is -2.38. The van der Waals surface area contributed by atoms with E-state index in [9.17, 15) is 14.4 Å². The van der Waals surface area contributed by atoms with E-state index in [-0.39, 0.29) is 24.5 Å². The van der Waals surface area contributed by atoms with Gasteiger partial charge in [-0.05, 0) is 18.1 Å². The number of nitrogen functional groups attached to an aromatic ring is 1. The van der Waals surface area contributed by atoms with Gasteiger partial charge in [0, 0.05) is 19.6 Å². The van der Waals surface area contributed by atoms with Crippen LogP contribution in [0.2, 0.25) is 0 Å². The summed E-state index contributed by atoms with van der Waals surface area (Å²) >= 11 is 0. The molecule has 0 fully saturated rings. The molecule has 0 saturated heterocycles. The van der Waals surface area contributed by atoms with Crippen LogP contribution in [0.1, 0.15) is 28.4 Å². The highest BCUT2D eigenvalue weighted by Gasteiger charge is 2.21. The van der Waals surface area contributed by atoms with Crippen LogP contribution in [0.4, 0.5) is 5.82 Å². The van der Waals surface area contributed by atoms with Crippen LogP contribution in [-0.4, -0.2) is 26.8 Å². The Hall–Kier alpha value is -3.45. The molecule has 0 aliphatic rings. The molecule has 3 rings (SSSR count). The fourth-order valence-electron chi connectivity index (χ4n) is 3.30. The number of ketones is 1. The Bertz CT molecular complexity index is 1050. The number of nitrogens with two attached hydrogens (primary N) is 1. The van der Waals surface area contributed by atoms with Gasteiger partial charge in [0.25, 0.3) is 5.56 Å². The summed E-state index contributed by atoms with van der Waals surface area (Å²) in [5.74, 6) is -0.511. The van der Waals surface area contributed by atoms with Crippen LogP contribution in [0, 0.1) is 0 Å². The van der Waals surface area contributed by atoms with Crippen molar-refractivity contribution in [3.63, 3.8) is 0 Å². The molecule has 7 nitrogen and oxygen atoms in total. The van der Waals surface area contributed by atoms with Gasteiger partial charge in [0.15, 0.2) is 5.78 Å². The van der Waals surface area contributed by atoms with Gasteiger partial charge in [-0.1, -0.05) is 60.7 Å². The number of H-pyrrole nitrogens is 1. The van der Waals surface area contributed by atoms with Crippen molar-refractivity contribution in [2.24, 2.45) is 0 Å². The molecule has 0 radical (unpaired) electrons. The van der Waals surface area contributed by atoms with Crippen molar-refractivity contribution in [3.8, 4) is 0 Å². The largest absolute Gasteiger partial charge is 0.384 e. The predicted molar refractivity (Wildman–Crippen MR) is 113 cm³/mol. The zero-order valence-electron chi connectivity index (χ0n) is 16.3. The smallest absolute Gasteiger partial charge is 0.329 e. The lowest BCUT2D eigenvalue weighted by atomic mass is 10.1. The summed E-state index contributed by atoms with van der Waals surface area (Å²) in [4.78, 5) is 41.3. The number of aromatic amines is 1. The van der Waals surface area contributed by atoms with E-state index in [1.165, 1.54) is 4.57 Å². The third-order valence-corrected chi connectivity index (χ3v) is 4.70. The average molecular weight is 392 g/mol. The number of benzene rings is 2. The van der Waals surface area contributed by atoms with E-state index in [2.05, 4.69) is 4.98 Å². The molecule has 150 valence electrons. The minimum atomic E-state index is -0.749. The molecule has 0 saturated carbocycles. The van der Waals surface area contributed by atoms with E-state index >= 15 is 0 Å². The number of carbonyl (C=O) groups is 1. The number of nitrogens with one attached hydrogen (secondary N) is 1. The number of anilines is 1. The van der Waals surface area contributed by atoms with Gasteiger partial charge < -0.3 is 5.73 Å². The summed E-state index contributed by atoms with van der Waals surface area (Å²) in [6.45, 7) is 3.05. The number of rotatable bonds is 8. The summed E-state index contributed by atoms with van der Waals surface area (Å²) in [5.41, 5.74) is 6.55. The first-order valence-corrected chi connectivity index (χ1v) is 9.45. The Labute approximate surface area is 168 Å². The Kier molecular flexibility index (Phi) is 6.41.